The number of carbonyl (C=O) groups is 2. The van der Waals surface area contributed by atoms with Crippen LogP contribution in [0.1, 0.15) is 85.6 Å². The summed E-state index contributed by atoms with van der Waals surface area (Å²) in [6.07, 6.45) is 5.83. The van der Waals surface area contributed by atoms with Gasteiger partial charge in [0.25, 0.3) is 0 Å². The van der Waals surface area contributed by atoms with E-state index < -0.39 is 17.4 Å². The van der Waals surface area contributed by atoms with Gasteiger partial charge in [0.1, 0.15) is 6.04 Å². The minimum Gasteiger partial charge on any atom is -0.480 e. The third kappa shape index (κ3) is 7.00. The fourth-order valence-electron chi connectivity index (χ4n) is 5.33. The van der Waals surface area contributed by atoms with E-state index in [1.165, 1.54) is 0 Å². The molecule has 1 atom stereocenters. The van der Waals surface area contributed by atoms with Crippen molar-refractivity contribution < 1.29 is 14.7 Å². The van der Waals surface area contributed by atoms with Crippen molar-refractivity contribution in [2.24, 2.45) is 22.2 Å². The topological polar surface area (TPSA) is 66.4 Å². The van der Waals surface area contributed by atoms with Gasteiger partial charge >= 0.3 is 5.97 Å². The molecule has 2 N–H and O–H groups in total. The molecule has 1 aliphatic rings. The summed E-state index contributed by atoms with van der Waals surface area (Å²) in [5.74, 6) is -0.518. The van der Waals surface area contributed by atoms with Crippen molar-refractivity contribution in [3.63, 3.8) is 0 Å². The van der Waals surface area contributed by atoms with Crippen LogP contribution in [-0.4, -0.2) is 23.0 Å². The van der Waals surface area contributed by atoms with Gasteiger partial charge in [-0.15, -0.1) is 12.6 Å². The lowest BCUT2D eigenvalue weighted by Gasteiger charge is -2.42. The second kappa shape index (κ2) is 9.97. The quantitative estimate of drug-likeness (QED) is 0.378. The van der Waals surface area contributed by atoms with E-state index in [-0.39, 0.29) is 23.2 Å². The number of amides is 1. The highest BCUT2D eigenvalue weighted by Gasteiger charge is 2.46. The number of hydrogen-bond acceptors (Lipinski definition) is 3. The Morgan fingerprint density at radius 1 is 1.10 bits per heavy atom. The number of thiol groups is 1. The van der Waals surface area contributed by atoms with Crippen LogP contribution < -0.4 is 5.32 Å². The molecule has 0 heterocycles. The molecule has 0 radical (unpaired) electrons. The lowest BCUT2D eigenvalue weighted by Crippen LogP contribution is -2.50. The van der Waals surface area contributed by atoms with Crippen molar-refractivity contribution in [3.05, 3.63) is 29.8 Å². The SMILES string of the molecule is CC(C)C(C)(C)CC(C)(C)CC1(C(=O)N[C@@H](Cc2ccc(S)cc2)C(=O)O)CCCC1. The highest BCUT2D eigenvalue weighted by molar-refractivity contribution is 7.80. The summed E-state index contributed by atoms with van der Waals surface area (Å²) in [6, 6.07) is 6.50. The molecule has 0 unspecified atom stereocenters. The molecule has 1 aromatic rings. The summed E-state index contributed by atoms with van der Waals surface area (Å²) in [6.45, 7) is 13.6. The molecule has 1 amide bonds. The molecule has 1 aliphatic carbocycles. The zero-order chi connectivity index (χ0) is 23.4. The maximum Gasteiger partial charge on any atom is 0.326 e. The van der Waals surface area contributed by atoms with Crippen molar-refractivity contribution >= 4 is 24.5 Å². The summed E-state index contributed by atoms with van der Waals surface area (Å²) in [4.78, 5) is 26.3. The molecule has 1 fully saturated rings. The van der Waals surface area contributed by atoms with Gasteiger partial charge in [0, 0.05) is 16.7 Å². The van der Waals surface area contributed by atoms with Gasteiger partial charge in [0.2, 0.25) is 5.91 Å². The van der Waals surface area contributed by atoms with Crippen LogP contribution in [0.15, 0.2) is 29.2 Å². The van der Waals surface area contributed by atoms with Crippen LogP contribution in [0.2, 0.25) is 0 Å². The van der Waals surface area contributed by atoms with Crippen LogP contribution in [0.5, 0.6) is 0 Å². The average molecular weight is 448 g/mol. The van der Waals surface area contributed by atoms with E-state index in [2.05, 4.69) is 59.5 Å². The Morgan fingerprint density at radius 2 is 1.65 bits per heavy atom. The van der Waals surface area contributed by atoms with Crippen LogP contribution in [0.3, 0.4) is 0 Å². The van der Waals surface area contributed by atoms with Gasteiger partial charge in [-0.3, -0.25) is 4.79 Å². The van der Waals surface area contributed by atoms with Crippen LogP contribution in [0.4, 0.5) is 0 Å². The Bertz CT molecular complexity index is 761. The maximum absolute atomic E-state index is 13.5. The summed E-state index contributed by atoms with van der Waals surface area (Å²) < 4.78 is 0. The molecule has 2 rings (SSSR count). The standard InChI is InChI=1S/C26H41NO3S/c1-18(2)25(5,6)16-24(3,4)17-26(13-7-8-14-26)23(30)27-21(22(28)29)15-19-9-11-20(31)12-10-19/h9-12,18,21,31H,7-8,13-17H2,1-6H3,(H,27,30)(H,28,29)/t21-/m0/s1. The molecule has 0 bridgehead atoms. The first-order valence-electron chi connectivity index (χ1n) is 11.6. The number of carbonyl (C=O) groups excluding carboxylic acids is 1. The van der Waals surface area contributed by atoms with Crippen molar-refractivity contribution in [2.45, 2.75) is 97.4 Å². The normalized spacial score (nSPS) is 17.5. The second-order valence-electron chi connectivity index (χ2n) is 11.4. The third-order valence-corrected chi connectivity index (χ3v) is 7.63. The molecule has 0 saturated heterocycles. The van der Waals surface area contributed by atoms with Crippen molar-refractivity contribution in [2.75, 3.05) is 0 Å². The Hall–Kier alpha value is -1.49. The van der Waals surface area contributed by atoms with Gasteiger partial charge in [-0.05, 0) is 60.1 Å². The Balaban J connectivity index is 2.17. The van der Waals surface area contributed by atoms with Gasteiger partial charge in [-0.25, -0.2) is 4.79 Å². The lowest BCUT2D eigenvalue weighted by molar-refractivity contribution is -0.144. The van der Waals surface area contributed by atoms with Crippen LogP contribution >= 0.6 is 12.6 Å². The van der Waals surface area contributed by atoms with E-state index in [0.717, 1.165) is 49.0 Å². The van der Waals surface area contributed by atoms with Gasteiger partial charge < -0.3 is 10.4 Å². The molecule has 0 spiro atoms. The van der Waals surface area contributed by atoms with Crippen LogP contribution in [0, 0.1) is 22.2 Å². The minimum atomic E-state index is -0.989. The molecule has 0 aromatic heterocycles. The lowest BCUT2D eigenvalue weighted by atomic mass is 9.63. The summed E-state index contributed by atoms with van der Waals surface area (Å²) in [5.41, 5.74) is 0.586. The predicted octanol–water partition coefficient (Wildman–Crippen LogP) is 6.14. The van der Waals surface area contributed by atoms with Gasteiger partial charge in [0.05, 0.1) is 0 Å². The number of carboxylic acids is 1. The van der Waals surface area contributed by atoms with Crippen molar-refractivity contribution in [1.29, 1.82) is 0 Å². The first-order chi connectivity index (χ1) is 14.3. The van der Waals surface area contributed by atoms with Crippen LogP contribution in [-0.2, 0) is 16.0 Å². The van der Waals surface area contributed by atoms with Crippen molar-refractivity contribution in [1.82, 2.24) is 5.32 Å². The first kappa shape index (κ1) is 25.8. The van der Waals surface area contributed by atoms with E-state index in [9.17, 15) is 14.7 Å². The van der Waals surface area contributed by atoms with Crippen molar-refractivity contribution in [3.8, 4) is 0 Å². The van der Waals surface area contributed by atoms with E-state index in [0.29, 0.717) is 5.92 Å². The monoisotopic (exact) mass is 447 g/mol. The number of aliphatic carboxylic acids is 1. The maximum atomic E-state index is 13.5. The highest BCUT2D eigenvalue weighted by Crippen LogP contribution is 2.51. The second-order valence-corrected chi connectivity index (χ2v) is 11.9. The molecule has 174 valence electrons. The number of hydrogen-bond donors (Lipinski definition) is 3. The Labute approximate surface area is 194 Å². The largest absolute Gasteiger partial charge is 0.480 e. The third-order valence-electron chi connectivity index (χ3n) is 7.34. The highest BCUT2D eigenvalue weighted by atomic mass is 32.1. The fourth-order valence-corrected chi connectivity index (χ4v) is 5.48. The predicted molar refractivity (Wildman–Crippen MR) is 129 cm³/mol. The zero-order valence-electron chi connectivity index (χ0n) is 20.1. The summed E-state index contributed by atoms with van der Waals surface area (Å²) in [5, 5.41) is 12.7. The number of carboxylic acid groups (broad SMARTS) is 1. The van der Waals surface area contributed by atoms with Gasteiger partial charge in [0.15, 0.2) is 0 Å². The Kier molecular flexibility index (Phi) is 8.29. The Morgan fingerprint density at radius 3 is 2.13 bits per heavy atom. The first-order valence-corrected chi connectivity index (χ1v) is 12.0. The summed E-state index contributed by atoms with van der Waals surface area (Å²) >= 11 is 4.28. The smallest absolute Gasteiger partial charge is 0.326 e. The minimum absolute atomic E-state index is 0.00340. The fraction of sp³-hybridized carbons (Fsp3) is 0.692. The molecule has 1 saturated carbocycles. The zero-order valence-corrected chi connectivity index (χ0v) is 21.0. The number of nitrogens with one attached hydrogen (secondary N) is 1. The van der Waals surface area contributed by atoms with Gasteiger partial charge in [-0.1, -0.05) is 66.5 Å². The number of rotatable bonds is 10. The van der Waals surface area contributed by atoms with Crippen LogP contribution in [0.25, 0.3) is 0 Å². The molecular weight excluding hydrogens is 406 g/mol. The number of benzene rings is 1. The van der Waals surface area contributed by atoms with E-state index in [1.807, 2.05) is 24.3 Å². The molecule has 4 nitrogen and oxygen atoms in total. The molecule has 1 aromatic carbocycles. The molecule has 5 heteroatoms. The molecule has 0 aliphatic heterocycles. The molecular formula is C26H41NO3S. The van der Waals surface area contributed by atoms with E-state index >= 15 is 0 Å². The van der Waals surface area contributed by atoms with Gasteiger partial charge in [-0.2, -0.15) is 0 Å². The van der Waals surface area contributed by atoms with E-state index in [4.69, 9.17) is 0 Å². The summed E-state index contributed by atoms with van der Waals surface area (Å²) in [7, 11) is 0. The van der Waals surface area contributed by atoms with E-state index in [1.54, 1.807) is 0 Å². The average Bonchev–Trinajstić information content (AvgIpc) is 3.10. The molecule has 31 heavy (non-hydrogen) atoms.